The molecule has 6 rings (SSSR count). The Morgan fingerprint density at radius 2 is 1.88 bits per heavy atom. The molecule has 1 fully saturated rings. The molecule has 3 N–H and O–H groups in total. The van der Waals surface area contributed by atoms with E-state index in [9.17, 15) is 24.8 Å². The lowest BCUT2D eigenvalue weighted by molar-refractivity contribution is -0.132. The molecule has 2 amide bonds. The van der Waals surface area contributed by atoms with E-state index in [1.807, 2.05) is 33.9 Å². The molecule has 0 aliphatic carbocycles. The van der Waals surface area contributed by atoms with E-state index >= 15 is 0 Å². The summed E-state index contributed by atoms with van der Waals surface area (Å²) >= 11 is 0. The number of hydrogen-bond donors (Lipinski definition) is 3. The van der Waals surface area contributed by atoms with E-state index in [1.54, 1.807) is 6.92 Å². The molecule has 4 aliphatic rings. The van der Waals surface area contributed by atoms with Gasteiger partial charge in [0.25, 0.3) is 0 Å². The van der Waals surface area contributed by atoms with Gasteiger partial charge in [-0.1, -0.05) is 13.0 Å². The van der Waals surface area contributed by atoms with Crippen LogP contribution in [-0.4, -0.2) is 84.4 Å². The average Bonchev–Trinajstić information content (AvgIpc) is 3.52. The van der Waals surface area contributed by atoms with Gasteiger partial charge in [0.15, 0.2) is 23.0 Å². The molecule has 6 atom stereocenters. The number of phenolic OH excluding ortho intramolecular Hbond substituents is 1. The molecular weight excluding hydrogens is 618 g/mol. The van der Waals surface area contributed by atoms with Crippen molar-refractivity contribution >= 4 is 17.8 Å². The van der Waals surface area contributed by atoms with Gasteiger partial charge in [-0.2, -0.15) is 5.26 Å². The summed E-state index contributed by atoms with van der Waals surface area (Å²) in [7, 11) is 3.50. The number of carbonyl (C=O) groups is 3. The van der Waals surface area contributed by atoms with E-state index in [0.717, 1.165) is 16.7 Å². The van der Waals surface area contributed by atoms with Crippen molar-refractivity contribution in [3.05, 3.63) is 39.4 Å². The first kappa shape index (κ1) is 33.4. The molecule has 0 spiro atoms. The summed E-state index contributed by atoms with van der Waals surface area (Å²) in [5, 5.41) is 28.3. The molecule has 2 bridgehead atoms. The van der Waals surface area contributed by atoms with Crippen molar-refractivity contribution in [2.75, 3.05) is 27.5 Å². The second-order valence-electron chi connectivity index (χ2n) is 13.1. The number of piperazine rings is 1. The zero-order chi connectivity index (χ0) is 34.6. The average molecular weight is 662 g/mol. The van der Waals surface area contributed by atoms with Gasteiger partial charge < -0.3 is 34.7 Å². The maximum absolute atomic E-state index is 13.4. The molecule has 48 heavy (non-hydrogen) atoms. The molecule has 0 saturated carbocycles. The summed E-state index contributed by atoms with van der Waals surface area (Å²) in [6, 6.07) is 1.54. The van der Waals surface area contributed by atoms with Crippen LogP contribution in [0.4, 0.5) is 0 Å². The first-order chi connectivity index (χ1) is 22.9. The number of methoxy groups -OCH3 is 1. The zero-order valence-corrected chi connectivity index (χ0v) is 28.4. The number of benzene rings is 2. The van der Waals surface area contributed by atoms with Crippen LogP contribution < -0.4 is 29.6 Å². The van der Waals surface area contributed by atoms with Crippen LogP contribution in [0.2, 0.25) is 0 Å². The van der Waals surface area contributed by atoms with Crippen molar-refractivity contribution in [1.82, 2.24) is 20.4 Å². The molecule has 2 aromatic rings. The summed E-state index contributed by atoms with van der Waals surface area (Å²) in [5.41, 5.74) is 4.49. The maximum atomic E-state index is 13.4. The lowest BCUT2D eigenvalue weighted by atomic mass is 9.71. The number of phenols is 1. The Labute approximate surface area is 280 Å². The third-order valence-electron chi connectivity index (χ3n) is 10.2. The number of carbonyl (C=O) groups excluding carboxylic acids is 3. The van der Waals surface area contributed by atoms with Crippen LogP contribution in [0.15, 0.2) is 6.07 Å². The number of likely N-dealkylation sites (N-methyl/N-ethyl adjacent to an activating group) is 1. The van der Waals surface area contributed by atoms with E-state index < -0.39 is 30.1 Å². The number of esters is 1. The topological polar surface area (TPSA) is 163 Å². The van der Waals surface area contributed by atoms with Crippen LogP contribution in [0.1, 0.15) is 79.1 Å². The van der Waals surface area contributed by atoms with Crippen molar-refractivity contribution in [3.8, 4) is 34.8 Å². The Bertz CT molecular complexity index is 1720. The van der Waals surface area contributed by atoms with Crippen LogP contribution >= 0.6 is 0 Å². The molecule has 4 heterocycles. The van der Waals surface area contributed by atoms with Gasteiger partial charge in [0.1, 0.15) is 17.8 Å². The number of nitrogens with zero attached hydrogens (tertiary/aromatic N) is 3. The lowest BCUT2D eigenvalue weighted by Gasteiger charge is -2.60. The van der Waals surface area contributed by atoms with E-state index in [0.29, 0.717) is 65.4 Å². The van der Waals surface area contributed by atoms with Gasteiger partial charge in [-0.05, 0) is 58.2 Å². The Hall–Kier alpha value is -4.54. The van der Waals surface area contributed by atoms with Crippen molar-refractivity contribution in [1.29, 1.82) is 5.26 Å². The number of hydrogen-bond acceptors (Lipinski definition) is 11. The second kappa shape index (κ2) is 12.8. The number of amides is 2. The molecule has 256 valence electrons. The minimum atomic E-state index is -0.791. The van der Waals surface area contributed by atoms with Crippen LogP contribution in [-0.2, 0) is 27.2 Å². The highest BCUT2D eigenvalue weighted by atomic mass is 16.7. The van der Waals surface area contributed by atoms with E-state index in [-0.39, 0.29) is 43.0 Å². The smallest absolute Gasteiger partial charge is 0.308 e. The molecular formula is C35H43N5O8. The standard InChI is InChI=1S/C35H43N5O8/c1-8-9-26(42)38-18(4)35(44)37-14-25-28-21(32(48-19(5)41)17(3)33-34(28)47-15-46-33)12-23-29-27-20(10-16(2)31(45-7)30(27)43)11-22(39(29)6)24(13-36)40(23)25/h10,18,22-25,29,43H,8-9,11-12,14-15H2,1-7H3,(H,37,44)(H,38,42)/t18-,22?,23?,24-,25-,29?/m0/s1. The van der Waals surface area contributed by atoms with E-state index in [1.165, 1.54) is 14.0 Å². The quantitative estimate of drug-likeness (QED) is 0.282. The highest BCUT2D eigenvalue weighted by Gasteiger charge is 2.57. The number of aromatic hydroxyl groups is 1. The van der Waals surface area contributed by atoms with Crippen LogP contribution in [0.25, 0.3) is 0 Å². The van der Waals surface area contributed by atoms with Gasteiger partial charge in [0, 0.05) is 54.2 Å². The monoisotopic (exact) mass is 661 g/mol. The summed E-state index contributed by atoms with van der Waals surface area (Å²) in [6.07, 6.45) is 1.82. The first-order valence-corrected chi connectivity index (χ1v) is 16.4. The first-order valence-electron chi connectivity index (χ1n) is 16.4. The van der Waals surface area contributed by atoms with Crippen molar-refractivity contribution in [3.63, 3.8) is 0 Å². The number of nitrogens with one attached hydrogen (secondary N) is 2. The largest absolute Gasteiger partial charge is 0.504 e. The fourth-order valence-electron chi connectivity index (χ4n) is 8.27. The SMILES string of the molecule is CCCC(=O)N[C@@H](C)C(=O)NC[C@H]1c2c(c(OC(C)=O)c(C)c3c2OCO3)CC2C3c4c(cc(C)c(OC)c4O)CC([C@H](C#N)N21)N3C. The molecule has 13 heteroatoms. The molecule has 3 unspecified atom stereocenters. The van der Waals surface area contributed by atoms with Crippen LogP contribution in [0, 0.1) is 25.2 Å². The van der Waals surface area contributed by atoms with Gasteiger partial charge in [-0.25, -0.2) is 0 Å². The van der Waals surface area contributed by atoms with Crippen molar-refractivity contribution < 1.29 is 38.4 Å². The summed E-state index contributed by atoms with van der Waals surface area (Å²) in [4.78, 5) is 42.5. The molecule has 2 aromatic carbocycles. The summed E-state index contributed by atoms with van der Waals surface area (Å²) < 4.78 is 23.5. The van der Waals surface area contributed by atoms with Crippen molar-refractivity contribution in [2.24, 2.45) is 0 Å². The summed E-state index contributed by atoms with van der Waals surface area (Å²) in [5.74, 6) is 0.662. The van der Waals surface area contributed by atoms with E-state index in [4.69, 9.17) is 18.9 Å². The summed E-state index contributed by atoms with van der Waals surface area (Å²) in [6.45, 7) is 8.59. The Morgan fingerprint density at radius 1 is 1.15 bits per heavy atom. The third-order valence-corrected chi connectivity index (χ3v) is 10.2. The number of aryl methyl sites for hydroxylation is 1. The number of ether oxygens (including phenoxy) is 4. The normalized spacial score (nSPS) is 24.3. The molecule has 1 saturated heterocycles. The minimum absolute atomic E-state index is 0.0365. The van der Waals surface area contributed by atoms with Gasteiger partial charge in [0.05, 0.1) is 25.3 Å². The highest BCUT2D eigenvalue weighted by molar-refractivity contribution is 5.87. The van der Waals surface area contributed by atoms with E-state index in [2.05, 4.69) is 26.5 Å². The zero-order valence-electron chi connectivity index (χ0n) is 28.4. The van der Waals surface area contributed by atoms with Gasteiger partial charge in [-0.15, -0.1) is 0 Å². The fraction of sp³-hybridized carbons (Fsp3) is 0.543. The molecule has 0 radical (unpaired) electrons. The molecule has 13 nitrogen and oxygen atoms in total. The Kier molecular flexibility index (Phi) is 8.91. The Morgan fingerprint density at radius 3 is 2.54 bits per heavy atom. The highest BCUT2D eigenvalue weighted by Crippen LogP contribution is 2.58. The maximum Gasteiger partial charge on any atom is 0.308 e. The predicted octanol–water partition coefficient (Wildman–Crippen LogP) is 2.86. The van der Waals surface area contributed by atoms with Crippen molar-refractivity contribution in [2.45, 2.75) is 96.6 Å². The van der Waals surface area contributed by atoms with Gasteiger partial charge in [0.2, 0.25) is 18.6 Å². The van der Waals surface area contributed by atoms with Crippen LogP contribution in [0.5, 0.6) is 28.7 Å². The molecule has 4 aliphatic heterocycles. The Balaban J connectivity index is 1.52. The molecule has 0 aromatic heterocycles. The fourth-order valence-corrected chi connectivity index (χ4v) is 8.27. The predicted molar refractivity (Wildman–Crippen MR) is 173 cm³/mol. The third kappa shape index (κ3) is 5.27. The number of fused-ring (bicyclic) bond motifs is 9. The lowest BCUT2D eigenvalue weighted by Crippen LogP contribution is -2.69. The second-order valence-corrected chi connectivity index (χ2v) is 13.1. The van der Waals surface area contributed by atoms with Crippen LogP contribution in [0.3, 0.4) is 0 Å². The number of rotatable bonds is 8. The number of nitriles is 1. The van der Waals surface area contributed by atoms with Gasteiger partial charge >= 0.3 is 5.97 Å². The minimum Gasteiger partial charge on any atom is -0.504 e. The van der Waals surface area contributed by atoms with Gasteiger partial charge in [-0.3, -0.25) is 24.2 Å².